The summed E-state index contributed by atoms with van der Waals surface area (Å²) in [5.74, 6) is -3.27. The molecular formula is C21H18F3N3O5. The quantitative estimate of drug-likeness (QED) is 0.657. The second kappa shape index (κ2) is 8.79. The van der Waals surface area contributed by atoms with E-state index in [4.69, 9.17) is 5.11 Å². The molecule has 32 heavy (non-hydrogen) atoms. The molecule has 0 radical (unpaired) electrons. The highest BCUT2D eigenvalue weighted by Gasteiger charge is 2.42. The lowest BCUT2D eigenvalue weighted by Gasteiger charge is -2.23. The van der Waals surface area contributed by atoms with E-state index in [0.717, 1.165) is 17.0 Å². The van der Waals surface area contributed by atoms with E-state index in [2.05, 4.69) is 5.32 Å². The van der Waals surface area contributed by atoms with Gasteiger partial charge in [0.15, 0.2) is 0 Å². The van der Waals surface area contributed by atoms with Gasteiger partial charge in [0.2, 0.25) is 11.8 Å². The molecule has 1 heterocycles. The van der Waals surface area contributed by atoms with Crippen LogP contribution in [-0.2, 0) is 20.6 Å². The molecule has 3 rings (SSSR count). The zero-order chi connectivity index (χ0) is 23.6. The topological polar surface area (TPSA) is 107 Å². The monoisotopic (exact) mass is 449 g/mol. The Labute approximate surface area is 180 Å². The van der Waals surface area contributed by atoms with Gasteiger partial charge in [0.1, 0.15) is 0 Å². The maximum atomic E-state index is 13.1. The third kappa shape index (κ3) is 4.78. The number of likely N-dealkylation sites (N-methyl/N-ethyl adjacent to an activating group) is 1. The number of benzene rings is 2. The summed E-state index contributed by atoms with van der Waals surface area (Å²) in [6.07, 6.45) is -4.92. The van der Waals surface area contributed by atoms with Crippen LogP contribution in [0.2, 0.25) is 0 Å². The predicted octanol–water partition coefficient (Wildman–Crippen LogP) is 2.61. The molecule has 0 bridgehead atoms. The molecule has 0 spiro atoms. The summed E-state index contributed by atoms with van der Waals surface area (Å²) in [6, 6.07) is 8.75. The van der Waals surface area contributed by atoms with Crippen LogP contribution in [0.5, 0.6) is 0 Å². The Bertz CT molecular complexity index is 1090. The van der Waals surface area contributed by atoms with Gasteiger partial charge in [0.25, 0.3) is 5.91 Å². The zero-order valence-electron chi connectivity index (χ0n) is 16.7. The number of rotatable bonds is 6. The van der Waals surface area contributed by atoms with E-state index in [-0.39, 0.29) is 17.7 Å². The van der Waals surface area contributed by atoms with Crippen LogP contribution < -0.4 is 10.2 Å². The summed E-state index contributed by atoms with van der Waals surface area (Å²) in [6.45, 7) is -0.446. The second-order valence-corrected chi connectivity index (χ2v) is 7.15. The molecule has 1 aliphatic rings. The van der Waals surface area contributed by atoms with E-state index in [1.54, 1.807) is 0 Å². The van der Waals surface area contributed by atoms with Gasteiger partial charge in [-0.2, -0.15) is 13.2 Å². The molecule has 2 aromatic carbocycles. The molecule has 168 valence electrons. The first kappa shape index (κ1) is 22.9. The lowest BCUT2D eigenvalue weighted by molar-refractivity contribution is -0.137. The summed E-state index contributed by atoms with van der Waals surface area (Å²) in [4.78, 5) is 50.8. The van der Waals surface area contributed by atoms with Crippen molar-refractivity contribution in [2.45, 2.75) is 18.6 Å². The Hall–Kier alpha value is -3.73. The molecule has 2 aromatic rings. The molecule has 1 aliphatic heterocycles. The Balaban J connectivity index is 1.71. The smallest absolute Gasteiger partial charge is 0.418 e. The van der Waals surface area contributed by atoms with Crippen LogP contribution in [0, 0.1) is 0 Å². The van der Waals surface area contributed by atoms with E-state index in [1.165, 1.54) is 48.3 Å². The fraction of sp³-hybridized carbons (Fsp3) is 0.238. The molecule has 1 atom stereocenters. The zero-order valence-corrected chi connectivity index (χ0v) is 16.7. The molecule has 0 aromatic heterocycles. The minimum Gasteiger partial charge on any atom is -0.478 e. The molecule has 0 saturated carbocycles. The number of carbonyl (C=O) groups is 4. The number of imide groups is 1. The van der Waals surface area contributed by atoms with Crippen molar-refractivity contribution in [2.75, 3.05) is 23.8 Å². The van der Waals surface area contributed by atoms with Crippen molar-refractivity contribution in [3.8, 4) is 0 Å². The molecule has 1 unspecified atom stereocenters. The predicted molar refractivity (Wildman–Crippen MR) is 107 cm³/mol. The number of carbonyl (C=O) groups excluding carboxylic acids is 3. The highest BCUT2D eigenvalue weighted by molar-refractivity contribution is 6.22. The SMILES string of the molecule is CN(CC(=O)Nc1ccccc1C(F)(F)F)C1CC(=O)N(c2cccc(C(=O)O)c2)C1=O. The number of anilines is 2. The van der Waals surface area contributed by atoms with Gasteiger partial charge in [-0.3, -0.25) is 19.3 Å². The number of nitrogens with one attached hydrogen (secondary N) is 1. The van der Waals surface area contributed by atoms with E-state index >= 15 is 0 Å². The first-order valence-electron chi connectivity index (χ1n) is 9.35. The summed E-state index contributed by atoms with van der Waals surface area (Å²) >= 11 is 0. The van der Waals surface area contributed by atoms with Crippen molar-refractivity contribution in [1.29, 1.82) is 0 Å². The number of nitrogens with zero attached hydrogens (tertiary/aromatic N) is 2. The third-order valence-corrected chi connectivity index (χ3v) is 4.91. The molecule has 3 amide bonds. The normalized spacial score (nSPS) is 16.5. The van der Waals surface area contributed by atoms with Crippen molar-refractivity contribution >= 4 is 35.1 Å². The summed E-state index contributed by atoms with van der Waals surface area (Å²) in [5.41, 5.74) is -1.45. The van der Waals surface area contributed by atoms with Gasteiger partial charge in [-0.25, -0.2) is 9.69 Å². The van der Waals surface area contributed by atoms with Crippen LogP contribution in [0.1, 0.15) is 22.3 Å². The Kier molecular flexibility index (Phi) is 6.30. The van der Waals surface area contributed by atoms with E-state index in [0.29, 0.717) is 0 Å². The number of amides is 3. The van der Waals surface area contributed by atoms with Crippen molar-refractivity contribution in [3.63, 3.8) is 0 Å². The minimum absolute atomic E-state index is 0.0827. The van der Waals surface area contributed by atoms with Crippen LogP contribution in [0.25, 0.3) is 0 Å². The van der Waals surface area contributed by atoms with Gasteiger partial charge in [-0.1, -0.05) is 18.2 Å². The van der Waals surface area contributed by atoms with E-state index in [1.807, 2.05) is 0 Å². The summed E-state index contributed by atoms with van der Waals surface area (Å²) in [7, 11) is 1.39. The van der Waals surface area contributed by atoms with Crippen molar-refractivity contribution in [3.05, 3.63) is 59.7 Å². The lowest BCUT2D eigenvalue weighted by atomic mass is 10.1. The Morgan fingerprint density at radius 3 is 2.50 bits per heavy atom. The number of carboxylic acid groups (broad SMARTS) is 1. The lowest BCUT2D eigenvalue weighted by Crippen LogP contribution is -2.43. The van der Waals surface area contributed by atoms with Crippen molar-refractivity contribution in [1.82, 2.24) is 4.90 Å². The number of alkyl halides is 3. The average molecular weight is 449 g/mol. The standard InChI is InChI=1S/C21H18F3N3O5/c1-26(11-17(28)25-15-8-3-2-7-14(15)21(22,23)24)16-10-18(29)27(19(16)30)13-6-4-5-12(9-13)20(31)32/h2-9,16H,10-11H2,1H3,(H,25,28)(H,31,32). The fourth-order valence-corrected chi connectivity index (χ4v) is 3.38. The molecular weight excluding hydrogens is 431 g/mol. The maximum absolute atomic E-state index is 13.1. The second-order valence-electron chi connectivity index (χ2n) is 7.15. The summed E-state index contributed by atoms with van der Waals surface area (Å²) in [5, 5.41) is 11.3. The molecule has 11 heteroatoms. The Morgan fingerprint density at radius 2 is 1.84 bits per heavy atom. The highest BCUT2D eigenvalue weighted by Crippen LogP contribution is 2.34. The molecule has 1 fully saturated rings. The molecule has 2 N–H and O–H groups in total. The average Bonchev–Trinajstić information content (AvgIpc) is 3.01. The summed E-state index contributed by atoms with van der Waals surface area (Å²) < 4.78 is 39.3. The number of para-hydroxylation sites is 1. The first-order valence-corrected chi connectivity index (χ1v) is 9.35. The van der Waals surface area contributed by atoms with Gasteiger partial charge in [0.05, 0.1) is 41.5 Å². The van der Waals surface area contributed by atoms with Gasteiger partial charge in [-0.05, 0) is 37.4 Å². The van der Waals surface area contributed by atoms with Crippen molar-refractivity contribution < 1.29 is 37.5 Å². The number of halogens is 3. The van der Waals surface area contributed by atoms with Crippen LogP contribution in [0.4, 0.5) is 24.5 Å². The van der Waals surface area contributed by atoms with Crippen LogP contribution in [0.15, 0.2) is 48.5 Å². The van der Waals surface area contributed by atoms with E-state index < -0.39 is 53.7 Å². The van der Waals surface area contributed by atoms with Crippen LogP contribution in [0.3, 0.4) is 0 Å². The van der Waals surface area contributed by atoms with E-state index in [9.17, 15) is 32.3 Å². The van der Waals surface area contributed by atoms with Gasteiger partial charge in [-0.15, -0.1) is 0 Å². The maximum Gasteiger partial charge on any atom is 0.418 e. The fourth-order valence-electron chi connectivity index (χ4n) is 3.38. The molecule has 1 saturated heterocycles. The van der Waals surface area contributed by atoms with Gasteiger partial charge >= 0.3 is 12.1 Å². The number of hydrogen-bond donors (Lipinski definition) is 2. The largest absolute Gasteiger partial charge is 0.478 e. The Morgan fingerprint density at radius 1 is 1.16 bits per heavy atom. The molecule has 8 nitrogen and oxygen atoms in total. The minimum atomic E-state index is -4.66. The highest BCUT2D eigenvalue weighted by atomic mass is 19.4. The third-order valence-electron chi connectivity index (χ3n) is 4.91. The number of aromatic carboxylic acids is 1. The molecule has 0 aliphatic carbocycles. The number of hydrogen-bond acceptors (Lipinski definition) is 5. The van der Waals surface area contributed by atoms with Crippen LogP contribution in [-0.4, -0.2) is 53.3 Å². The van der Waals surface area contributed by atoms with Gasteiger partial charge in [0, 0.05) is 0 Å². The number of carboxylic acids is 1. The van der Waals surface area contributed by atoms with Crippen molar-refractivity contribution in [2.24, 2.45) is 0 Å². The van der Waals surface area contributed by atoms with Gasteiger partial charge < -0.3 is 10.4 Å². The van der Waals surface area contributed by atoms with Crippen LogP contribution >= 0.6 is 0 Å². The first-order chi connectivity index (χ1) is 15.0.